The summed E-state index contributed by atoms with van der Waals surface area (Å²) in [5.74, 6) is -0.857. The van der Waals surface area contributed by atoms with Crippen LogP contribution in [0.1, 0.15) is 20.3 Å². The smallest absolute Gasteiger partial charge is 0.240 e. The first-order valence-corrected chi connectivity index (χ1v) is 6.34. The fourth-order valence-electron chi connectivity index (χ4n) is 1.36. The van der Waals surface area contributed by atoms with Crippen molar-refractivity contribution in [2.45, 2.75) is 26.3 Å². The topological polar surface area (TPSA) is 111 Å². The average molecular weight is 276 g/mol. The van der Waals surface area contributed by atoms with Crippen LogP contribution >= 0.6 is 0 Å². The molecule has 0 spiro atoms. The van der Waals surface area contributed by atoms with Gasteiger partial charge in [-0.05, 0) is 5.92 Å². The number of nitrogens with two attached hydrogens (primary N) is 1. The summed E-state index contributed by atoms with van der Waals surface area (Å²) in [7, 11) is 0. The van der Waals surface area contributed by atoms with Gasteiger partial charge in [-0.3, -0.25) is 9.59 Å². The molecule has 0 unspecified atom stereocenters. The Kier molecular flexibility index (Phi) is 10.1. The van der Waals surface area contributed by atoms with E-state index in [9.17, 15) is 9.59 Å². The van der Waals surface area contributed by atoms with Crippen LogP contribution in [-0.4, -0.2) is 56.0 Å². The van der Waals surface area contributed by atoms with Gasteiger partial charge in [-0.15, -0.1) is 0 Å². The van der Waals surface area contributed by atoms with Crippen molar-refractivity contribution < 1.29 is 24.2 Å². The van der Waals surface area contributed by atoms with Crippen LogP contribution in [0.5, 0.6) is 0 Å². The van der Waals surface area contributed by atoms with Gasteiger partial charge in [-0.25, -0.2) is 0 Å². The van der Waals surface area contributed by atoms with E-state index in [0.717, 1.165) is 0 Å². The maximum Gasteiger partial charge on any atom is 0.240 e. The van der Waals surface area contributed by atoms with Gasteiger partial charge in [0.1, 0.15) is 6.04 Å². The Morgan fingerprint density at radius 3 is 2.21 bits per heavy atom. The Hall–Kier alpha value is -1.18. The number of carbonyl (C=O) groups excluding carboxylic acids is 2. The maximum absolute atomic E-state index is 11.5. The lowest BCUT2D eigenvalue weighted by Gasteiger charge is -2.18. The molecular formula is C12H24N2O5. The molecular weight excluding hydrogens is 252 g/mol. The Bertz CT molecular complexity index is 271. The predicted molar refractivity (Wildman–Crippen MR) is 69.3 cm³/mol. The molecule has 0 rings (SSSR count). The molecule has 0 aromatic carbocycles. The van der Waals surface area contributed by atoms with E-state index in [1.165, 1.54) is 0 Å². The summed E-state index contributed by atoms with van der Waals surface area (Å²) in [6.07, 6.45) is 0.163. The Morgan fingerprint density at radius 1 is 1.16 bits per heavy atom. The predicted octanol–water partition coefficient (Wildman–Crippen LogP) is -0.972. The van der Waals surface area contributed by atoms with Gasteiger partial charge in [-0.1, -0.05) is 13.8 Å². The van der Waals surface area contributed by atoms with Crippen molar-refractivity contribution in [2.75, 3.05) is 33.0 Å². The summed E-state index contributed by atoms with van der Waals surface area (Å²) < 4.78 is 10.2. The normalized spacial score (nSPS) is 12.4. The number of ether oxygens (including phenoxy) is 2. The van der Waals surface area contributed by atoms with Crippen LogP contribution in [0.3, 0.4) is 0 Å². The number of hydrogen-bond donors (Lipinski definition) is 3. The van der Waals surface area contributed by atoms with Crippen molar-refractivity contribution in [1.82, 2.24) is 5.32 Å². The van der Waals surface area contributed by atoms with Crippen LogP contribution in [0.25, 0.3) is 0 Å². The molecule has 0 fully saturated rings. The van der Waals surface area contributed by atoms with Crippen LogP contribution in [0.2, 0.25) is 0 Å². The van der Waals surface area contributed by atoms with Crippen molar-refractivity contribution in [3.63, 3.8) is 0 Å². The Balaban J connectivity index is 3.66. The fraction of sp³-hybridized carbons (Fsp3) is 0.833. The van der Waals surface area contributed by atoms with E-state index in [1.807, 2.05) is 13.8 Å². The summed E-state index contributed by atoms with van der Waals surface area (Å²) in [5, 5.41) is 11.0. The van der Waals surface area contributed by atoms with Gasteiger partial charge in [-0.2, -0.15) is 0 Å². The molecule has 7 heteroatoms. The van der Waals surface area contributed by atoms with Crippen molar-refractivity contribution in [1.29, 1.82) is 0 Å². The van der Waals surface area contributed by atoms with E-state index >= 15 is 0 Å². The minimum Gasteiger partial charge on any atom is -0.394 e. The molecule has 2 amide bonds. The second-order valence-corrected chi connectivity index (χ2v) is 4.39. The Morgan fingerprint density at radius 2 is 1.74 bits per heavy atom. The molecule has 19 heavy (non-hydrogen) atoms. The highest BCUT2D eigenvalue weighted by atomic mass is 16.5. The molecule has 7 nitrogen and oxygen atoms in total. The second-order valence-electron chi connectivity index (χ2n) is 4.39. The third-order valence-corrected chi connectivity index (χ3v) is 2.37. The molecule has 0 bridgehead atoms. The van der Waals surface area contributed by atoms with Crippen molar-refractivity contribution >= 4 is 11.8 Å². The number of aliphatic hydroxyl groups is 1. The molecule has 0 aliphatic rings. The first-order chi connectivity index (χ1) is 8.99. The molecule has 0 aliphatic heterocycles. The number of rotatable bonds is 11. The van der Waals surface area contributed by atoms with E-state index < -0.39 is 11.9 Å². The number of carbonyl (C=O) groups is 2. The third kappa shape index (κ3) is 9.40. The highest BCUT2D eigenvalue weighted by Gasteiger charge is 2.21. The molecule has 0 aliphatic carbocycles. The van der Waals surface area contributed by atoms with Gasteiger partial charge in [0.25, 0.3) is 0 Å². The number of nitrogens with one attached hydrogen (secondary N) is 1. The number of amides is 2. The average Bonchev–Trinajstić information content (AvgIpc) is 2.34. The monoisotopic (exact) mass is 276 g/mol. The first kappa shape index (κ1) is 17.8. The second kappa shape index (κ2) is 10.7. The van der Waals surface area contributed by atoms with E-state index in [2.05, 4.69) is 5.32 Å². The maximum atomic E-state index is 11.5. The van der Waals surface area contributed by atoms with Crippen LogP contribution < -0.4 is 11.1 Å². The largest absolute Gasteiger partial charge is 0.394 e. The van der Waals surface area contributed by atoms with Crippen molar-refractivity contribution in [3.05, 3.63) is 0 Å². The molecule has 1 atom stereocenters. The molecule has 0 heterocycles. The lowest BCUT2D eigenvalue weighted by atomic mass is 10.0. The highest BCUT2D eigenvalue weighted by Crippen LogP contribution is 2.01. The third-order valence-electron chi connectivity index (χ3n) is 2.37. The molecule has 112 valence electrons. The summed E-state index contributed by atoms with van der Waals surface area (Å²) in [6.45, 7) is 4.85. The molecule has 0 saturated carbocycles. The summed E-state index contributed by atoms with van der Waals surface area (Å²) in [4.78, 5) is 22.6. The first-order valence-electron chi connectivity index (χ1n) is 6.34. The molecule has 4 N–H and O–H groups in total. The molecule has 0 aromatic rings. The summed E-state index contributed by atoms with van der Waals surface area (Å²) in [5.41, 5.74) is 5.19. The fourth-order valence-corrected chi connectivity index (χ4v) is 1.36. The minimum absolute atomic E-state index is 0.0217. The molecule has 0 aromatic heterocycles. The van der Waals surface area contributed by atoms with E-state index in [-0.39, 0.29) is 38.1 Å². The molecule has 0 saturated heterocycles. The van der Waals surface area contributed by atoms with Crippen LogP contribution in [0.15, 0.2) is 0 Å². The van der Waals surface area contributed by atoms with E-state index in [1.54, 1.807) is 0 Å². The zero-order chi connectivity index (χ0) is 14.7. The standard InChI is InChI=1S/C12H24N2O5/c1-9(2)11(12(13)17)14-10(16)3-5-18-7-8-19-6-4-15/h9,11,15H,3-8H2,1-2H3,(H2,13,17)(H,14,16)/t11-/m0/s1. The quantitative estimate of drug-likeness (QED) is 0.420. The number of aliphatic hydroxyl groups excluding tert-OH is 1. The van der Waals surface area contributed by atoms with E-state index in [0.29, 0.717) is 13.2 Å². The van der Waals surface area contributed by atoms with Gasteiger partial charge < -0.3 is 25.6 Å². The zero-order valence-corrected chi connectivity index (χ0v) is 11.6. The number of primary amides is 1. The van der Waals surface area contributed by atoms with E-state index in [4.69, 9.17) is 20.3 Å². The van der Waals surface area contributed by atoms with Gasteiger partial charge in [0, 0.05) is 6.42 Å². The van der Waals surface area contributed by atoms with Gasteiger partial charge in [0.05, 0.1) is 33.0 Å². The minimum atomic E-state index is -0.652. The van der Waals surface area contributed by atoms with Crippen LogP contribution in [0, 0.1) is 5.92 Å². The van der Waals surface area contributed by atoms with Gasteiger partial charge in [0.2, 0.25) is 11.8 Å². The number of hydrogen-bond acceptors (Lipinski definition) is 5. The van der Waals surface area contributed by atoms with Crippen molar-refractivity contribution in [3.8, 4) is 0 Å². The molecule has 0 radical (unpaired) electrons. The van der Waals surface area contributed by atoms with Crippen molar-refractivity contribution in [2.24, 2.45) is 11.7 Å². The summed E-state index contributed by atoms with van der Waals surface area (Å²) in [6, 6.07) is -0.652. The lowest BCUT2D eigenvalue weighted by Crippen LogP contribution is -2.47. The van der Waals surface area contributed by atoms with Crippen LogP contribution in [-0.2, 0) is 19.1 Å². The van der Waals surface area contributed by atoms with Gasteiger partial charge in [0.15, 0.2) is 0 Å². The SMILES string of the molecule is CC(C)[C@H](NC(=O)CCOCCOCCO)C(N)=O. The lowest BCUT2D eigenvalue weighted by molar-refractivity contribution is -0.129. The Labute approximate surface area is 113 Å². The van der Waals surface area contributed by atoms with Gasteiger partial charge >= 0.3 is 0 Å². The highest BCUT2D eigenvalue weighted by molar-refractivity contribution is 5.86. The summed E-state index contributed by atoms with van der Waals surface area (Å²) >= 11 is 0. The zero-order valence-electron chi connectivity index (χ0n) is 11.6. The van der Waals surface area contributed by atoms with Crippen LogP contribution in [0.4, 0.5) is 0 Å².